The van der Waals surface area contributed by atoms with E-state index in [0.717, 1.165) is 0 Å². The Labute approximate surface area is 127 Å². The largest absolute Gasteiger partial charge is 0.529 e. The molecule has 1 N–H and O–H groups in total. The molecule has 0 saturated carbocycles. The fourth-order valence-electron chi connectivity index (χ4n) is 2.66. The van der Waals surface area contributed by atoms with E-state index < -0.39 is 26.0 Å². The van der Waals surface area contributed by atoms with E-state index in [1.54, 1.807) is 6.92 Å². The number of amides is 1. The molecule has 1 heterocycles. The van der Waals surface area contributed by atoms with Gasteiger partial charge in [-0.1, -0.05) is 23.2 Å². The highest BCUT2D eigenvalue weighted by Crippen LogP contribution is 2.37. The molecule has 0 spiro atoms. The number of quaternary nitrogens is 1. The first-order valence-electron chi connectivity index (χ1n) is 6.04. The van der Waals surface area contributed by atoms with Crippen LogP contribution in [0.5, 0.6) is 0 Å². The van der Waals surface area contributed by atoms with E-state index in [0.29, 0.717) is 12.8 Å². The van der Waals surface area contributed by atoms with Crippen molar-refractivity contribution in [2.24, 2.45) is 0 Å². The Morgan fingerprint density at radius 1 is 1.30 bits per heavy atom. The van der Waals surface area contributed by atoms with Crippen LogP contribution in [0.15, 0.2) is 23.1 Å². The lowest BCUT2D eigenvalue weighted by Crippen LogP contribution is -2.58. The maximum atomic E-state index is 12.8. The number of rotatable bonds is 2. The van der Waals surface area contributed by atoms with Crippen LogP contribution in [0.25, 0.3) is 0 Å². The third kappa shape index (κ3) is 2.20. The predicted octanol–water partition coefficient (Wildman–Crippen LogP) is 3.36. The van der Waals surface area contributed by atoms with Crippen LogP contribution in [0, 0.1) is 0 Å². The Morgan fingerprint density at radius 3 is 2.25 bits per heavy atom. The van der Waals surface area contributed by atoms with Crippen LogP contribution in [-0.4, -0.2) is 36.1 Å². The summed E-state index contributed by atoms with van der Waals surface area (Å²) in [5, 5.41) is 9.81. The summed E-state index contributed by atoms with van der Waals surface area (Å²) in [5.41, 5.74) is 0. The van der Waals surface area contributed by atoms with Gasteiger partial charge in [0.05, 0.1) is 0 Å². The van der Waals surface area contributed by atoms with Crippen molar-refractivity contribution in [2.45, 2.75) is 30.7 Å². The number of hydrogen-bond donors (Lipinski definition) is 1. The Morgan fingerprint density at radius 2 is 1.85 bits per heavy atom. The molecule has 1 unspecified atom stereocenters. The first-order valence-corrected chi connectivity index (χ1v) is 8.24. The van der Waals surface area contributed by atoms with E-state index in [4.69, 9.17) is 23.2 Å². The zero-order valence-corrected chi connectivity index (χ0v) is 13.0. The Bertz CT molecular complexity index is 641. The molecule has 0 bridgehead atoms. The van der Waals surface area contributed by atoms with Crippen molar-refractivity contribution in [3.8, 4) is 0 Å². The summed E-state index contributed by atoms with van der Waals surface area (Å²) in [6.07, 6.45) is -0.285. The van der Waals surface area contributed by atoms with Crippen LogP contribution in [0.3, 0.4) is 0 Å². The van der Waals surface area contributed by atoms with Gasteiger partial charge in [0.25, 0.3) is 0 Å². The maximum absolute atomic E-state index is 12.8. The molecular weight excluding hydrogens is 325 g/mol. The summed E-state index contributed by atoms with van der Waals surface area (Å²) < 4.78 is 24.6. The summed E-state index contributed by atoms with van der Waals surface area (Å²) in [4.78, 5) is 11.5. The zero-order valence-electron chi connectivity index (χ0n) is 10.7. The van der Waals surface area contributed by atoms with Gasteiger partial charge in [0, 0.05) is 22.9 Å². The summed E-state index contributed by atoms with van der Waals surface area (Å²) in [7, 11) is -4.12. The Hall–Kier alpha value is -0.820. The SMILES string of the molecule is C[C@@H]1CCC[N+]1(C(=O)O)S(=O)(=O)c1cc(Cl)cc(Cl)c1. The van der Waals surface area contributed by atoms with Gasteiger partial charge in [0.15, 0.2) is 0 Å². The minimum Gasteiger partial charge on any atom is -0.435 e. The standard InChI is InChI=1S/C12H13Cl2NO4S/c1-8-3-2-4-15(8,12(16)17)20(18,19)11-6-9(13)5-10(14)7-11/h5-8H,2-4H2,1H3/p+1/t8-,15?/m1/s1. The molecule has 0 aliphatic carbocycles. The Balaban J connectivity index is 2.66. The highest BCUT2D eigenvalue weighted by Gasteiger charge is 2.57. The van der Waals surface area contributed by atoms with Crippen LogP contribution >= 0.6 is 23.2 Å². The monoisotopic (exact) mass is 338 g/mol. The summed E-state index contributed by atoms with van der Waals surface area (Å²) in [6.45, 7) is 1.67. The van der Waals surface area contributed by atoms with Crippen molar-refractivity contribution in [1.29, 1.82) is 0 Å². The van der Waals surface area contributed by atoms with E-state index >= 15 is 0 Å². The topological polar surface area (TPSA) is 71.4 Å². The van der Waals surface area contributed by atoms with Crippen molar-refractivity contribution in [3.63, 3.8) is 0 Å². The minimum atomic E-state index is -4.12. The smallest absolute Gasteiger partial charge is 0.435 e. The van der Waals surface area contributed by atoms with E-state index in [1.807, 2.05) is 0 Å². The van der Waals surface area contributed by atoms with Gasteiger partial charge in [-0.3, -0.25) is 0 Å². The number of benzene rings is 1. The van der Waals surface area contributed by atoms with Crippen molar-refractivity contribution in [2.75, 3.05) is 6.54 Å². The lowest BCUT2D eigenvalue weighted by molar-refractivity contribution is -0.741. The average molecular weight is 339 g/mol. The van der Waals surface area contributed by atoms with Crippen molar-refractivity contribution in [1.82, 2.24) is 0 Å². The molecule has 0 aromatic heterocycles. The first-order chi connectivity index (χ1) is 9.21. The van der Waals surface area contributed by atoms with E-state index in [-0.39, 0.29) is 21.5 Å². The number of hydrogen-bond acceptors (Lipinski definition) is 3. The highest BCUT2D eigenvalue weighted by atomic mass is 35.5. The van der Waals surface area contributed by atoms with Gasteiger partial charge in [-0.15, -0.1) is 3.89 Å². The average Bonchev–Trinajstić information content (AvgIpc) is 2.71. The van der Waals surface area contributed by atoms with Gasteiger partial charge in [-0.05, 0) is 25.1 Å². The van der Waals surface area contributed by atoms with Crippen LogP contribution in [0.1, 0.15) is 19.8 Å². The summed E-state index contributed by atoms with van der Waals surface area (Å²) in [5.74, 6) is 0. The molecule has 2 atom stereocenters. The molecule has 8 heteroatoms. The molecule has 1 fully saturated rings. The van der Waals surface area contributed by atoms with Gasteiger partial charge in [0.1, 0.15) is 17.5 Å². The second kappa shape index (κ2) is 5.18. The van der Waals surface area contributed by atoms with Crippen molar-refractivity contribution < 1.29 is 22.2 Å². The normalized spacial score (nSPS) is 26.6. The molecule has 110 valence electrons. The van der Waals surface area contributed by atoms with Gasteiger partial charge in [-0.25, -0.2) is 0 Å². The minimum absolute atomic E-state index is 0.0446. The molecule has 1 aromatic carbocycles. The second-order valence-corrected chi connectivity index (χ2v) is 7.82. The molecule has 1 aliphatic rings. The van der Waals surface area contributed by atoms with Gasteiger partial charge in [-0.2, -0.15) is 13.2 Å². The fraction of sp³-hybridized carbons (Fsp3) is 0.417. The van der Waals surface area contributed by atoms with Crippen LogP contribution in [-0.2, 0) is 10.0 Å². The van der Waals surface area contributed by atoms with Gasteiger partial charge in [0.2, 0.25) is 0 Å². The molecule has 20 heavy (non-hydrogen) atoms. The number of carboxylic acid groups (broad SMARTS) is 1. The quantitative estimate of drug-likeness (QED) is 0.839. The number of halogens is 2. The molecule has 5 nitrogen and oxygen atoms in total. The van der Waals surface area contributed by atoms with Crippen LogP contribution in [0.4, 0.5) is 4.79 Å². The highest BCUT2D eigenvalue weighted by molar-refractivity contribution is 7.86. The third-order valence-corrected chi connectivity index (χ3v) is 6.54. The van der Waals surface area contributed by atoms with Crippen molar-refractivity contribution in [3.05, 3.63) is 28.2 Å². The molecule has 2 rings (SSSR count). The molecule has 1 aliphatic heterocycles. The lowest BCUT2D eigenvalue weighted by Gasteiger charge is -2.30. The number of likely N-dealkylation sites (tertiary alicyclic amines) is 1. The van der Waals surface area contributed by atoms with E-state index in [2.05, 4.69) is 0 Å². The molecule has 1 aromatic rings. The van der Waals surface area contributed by atoms with Gasteiger partial charge < -0.3 is 5.11 Å². The van der Waals surface area contributed by atoms with Crippen LogP contribution in [0.2, 0.25) is 10.0 Å². The fourth-order valence-corrected chi connectivity index (χ4v) is 5.40. The zero-order chi connectivity index (χ0) is 15.1. The predicted molar refractivity (Wildman–Crippen MR) is 75.5 cm³/mol. The van der Waals surface area contributed by atoms with Gasteiger partial charge >= 0.3 is 16.1 Å². The number of nitrogens with zero attached hydrogens (tertiary/aromatic N) is 1. The maximum Gasteiger partial charge on any atom is 0.529 e. The van der Waals surface area contributed by atoms with E-state index in [9.17, 15) is 18.3 Å². The summed E-state index contributed by atoms with van der Waals surface area (Å²) in [6, 6.07) is 3.35. The molecular formula is C12H14Cl2NO4S+. The first kappa shape index (κ1) is 15.6. The lowest BCUT2D eigenvalue weighted by atomic mass is 10.2. The molecule has 0 radical (unpaired) electrons. The Kier molecular flexibility index (Phi) is 4.03. The summed E-state index contributed by atoms with van der Waals surface area (Å²) >= 11 is 11.6. The second-order valence-electron chi connectivity index (χ2n) is 4.87. The van der Waals surface area contributed by atoms with Crippen LogP contribution < -0.4 is 0 Å². The molecule has 1 saturated heterocycles. The number of sulfonamides is 1. The third-order valence-electron chi connectivity index (χ3n) is 3.71. The van der Waals surface area contributed by atoms with E-state index in [1.165, 1.54) is 18.2 Å². The molecule has 1 amide bonds. The number of carbonyl (C=O) groups is 1. The van der Waals surface area contributed by atoms with Crippen molar-refractivity contribution >= 4 is 39.3 Å².